The van der Waals surface area contributed by atoms with Crippen molar-refractivity contribution in [1.82, 2.24) is 0 Å². The average molecular weight is 1140 g/mol. The second-order valence-electron chi connectivity index (χ2n) is 26.5. The number of hydrogen-bond donors (Lipinski definition) is 1. The maximum absolute atomic E-state index is 12.7. The molecular formula is C68H108O8Si3. The largest absolute Gasteiger partial charge is 0.497 e. The van der Waals surface area contributed by atoms with Crippen LogP contribution < -0.4 is 19.8 Å². The molecule has 1 N–H and O–H groups in total. The summed E-state index contributed by atoms with van der Waals surface area (Å²) in [5.74, 6) is 1.08. The highest BCUT2D eigenvalue weighted by atomic mass is 28.4. The van der Waals surface area contributed by atoms with Crippen LogP contribution in [0, 0.1) is 23.7 Å². The second kappa shape index (κ2) is 29.6. The molecule has 9 atom stereocenters. The summed E-state index contributed by atoms with van der Waals surface area (Å²) in [5, 5.41) is 15.1. The fourth-order valence-corrected chi connectivity index (χ4v) is 24.0. The number of benzene rings is 4. The number of rotatable bonds is 30. The molecule has 0 radical (unpaired) electrons. The number of methoxy groups -OCH3 is 2. The van der Waals surface area contributed by atoms with Gasteiger partial charge in [-0.3, -0.25) is 0 Å². The van der Waals surface area contributed by atoms with E-state index in [2.05, 4.69) is 242 Å². The van der Waals surface area contributed by atoms with E-state index in [0.717, 1.165) is 33.8 Å². The van der Waals surface area contributed by atoms with E-state index in [4.69, 9.17) is 32.2 Å². The Bertz CT molecular complexity index is 2400. The lowest BCUT2D eigenvalue weighted by molar-refractivity contribution is -0.0486. The molecule has 0 heterocycles. The third kappa shape index (κ3) is 17.2. The van der Waals surface area contributed by atoms with E-state index in [9.17, 15) is 5.11 Å². The molecule has 0 aliphatic rings. The Morgan fingerprint density at radius 2 is 0.937 bits per heavy atom. The van der Waals surface area contributed by atoms with Crippen LogP contribution in [0.1, 0.15) is 143 Å². The van der Waals surface area contributed by atoms with Gasteiger partial charge in [-0.15, -0.1) is 0 Å². The zero-order valence-corrected chi connectivity index (χ0v) is 56.4. The summed E-state index contributed by atoms with van der Waals surface area (Å²) in [6, 6.07) is 37.8. The molecule has 0 aliphatic carbocycles. The standard InChI is InChI=1S/C68H108O8Si3/c1-47(2)78(48(3)4,49(5)6)76-66(56(13)75-77(22,23)67(14,15)16)53(10)43-52(9)65(73-46-58-36-40-60(71-21)41-37-58)55(12)63(69)50(7)42-51(8)64(72-45-57-34-38-59(70-20)39-35-57)54(11)44-74-79(68(17,18)19,61-30-26-24-27-31-61)62-32-28-25-29-33-62/h24-43,47-49,51-52,54-56,63-66,69H,44-46H2,1-23H3/b50-42+,53-43+/t51-,52-,54+,55-,56+,63-,64+,65-,66+/m1/s1. The lowest BCUT2D eigenvalue weighted by atomic mass is 9.83. The van der Waals surface area contributed by atoms with Crippen molar-refractivity contribution in [3.63, 3.8) is 0 Å². The maximum atomic E-state index is 12.7. The smallest absolute Gasteiger partial charge is 0.261 e. The molecule has 0 saturated heterocycles. The zero-order chi connectivity index (χ0) is 59.3. The molecule has 4 rings (SSSR count). The lowest BCUT2D eigenvalue weighted by Gasteiger charge is -2.48. The van der Waals surface area contributed by atoms with Gasteiger partial charge in [-0.05, 0) is 117 Å². The van der Waals surface area contributed by atoms with Crippen molar-refractivity contribution >= 4 is 35.3 Å². The second-order valence-corrected chi connectivity index (χ2v) is 41.0. The summed E-state index contributed by atoms with van der Waals surface area (Å²) in [6.45, 7) is 49.3. The first-order valence-corrected chi connectivity index (χ1v) is 36.5. The summed E-state index contributed by atoms with van der Waals surface area (Å²) in [5.41, 5.74) is 5.32. The number of ether oxygens (including phenoxy) is 4. The first kappa shape index (κ1) is 67.9. The fraction of sp³-hybridized carbons (Fsp3) is 0.588. The molecule has 0 unspecified atom stereocenters. The quantitative estimate of drug-likeness (QED) is 0.0408. The molecule has 440 valence electrons. The topological polar surface area (TPSA) is 84.8 Å². The molecule has 79 heavy (non-hydrogen) atoms. The Morgan fingerprint density at radius 1 is 0.532 bits per heavy atom. The van der Waals surface area contributed by atoms with Crippen molar-refractivity contribution in [2.75, 3.05) is 20.8 Å². The fourth-order valence-electron chi connectivity index (χ4n) is 12.3. The molecule has 4 aromatic carbocycles. The summed E-state index contributed by atoms with van der Waals surface area (Å²) >= 11 is 0. The zero-order valence-electron chi connectivity index (χ0n) is 53.4. The lowest BCUT2D eigenvalue weighted by Crippen LogP contribution is -2.67. The molecule has 8 nitrogen and oxygen atoms in total. The van der Waals surface area contributed by atoms with E-state index in [1.165, 1.54) is 10.4 Å². The normalized spacial score (nSPS) is 17.1. The summed E-state index contributed by atoms with van der Waals surface area (Å²) in [4.78, 5) is 0. The third-order valence-electron chi connectivity index (χ3n) is 17.5. The van der Waals surface area contributed by atoms with E-state index in [-0.39, 0.29) is 58.2 Å². The minimum Gasteiger partial charge on any atom is -0.497 e. The minimum atomic E-state index is -2.85. The van der Waals surface area contributed by atoms with Crippen LogP contribution in [0.15, 0.2) is 132 Å². The molecule has 0 amide bonds. The third-order valence-corrected chi connectivity index (χ3v) is 33.2. The summed E-state index contributed by atoms with van der Waals surface area (Å²) < 4.78 is 47.7. The van der Waals surface area contributed by atoms with E-state index in [1.807, 2.05) is 24.3 Å². The SMILES string of the molecule is COc1ccc(CO[C@@H]([C@H](C)[C@H](O)/C(C)=C/[C@@H](C)[C@H](OCc2ccc(OC)cc2)[C@@H](C)CO[Si](c2ccccc2)(c2ccccc2)C(C)(C)C)[C@H](C)/C=C(\C)[C@H](O[Si](C(C)C)(C(C)C)C(C)C)[C@H](C)O[Si](C)(C)C(C)(C)C)cc1. The molecule has 0 aliphatic heterocycles. The van der Waals surface area contributed by atoms with Gasteiger partial charge >= 0.3 is 0 Å². The molecular weight excluding hydrogens is 1030 g/mol. The van der Waals surface area contributed by atoms with Crippen molar-refractivity contribution in [2.45, 2.75) is 215 Å². The number of aliphatic hydroxyl groups is 1. The molecule has 0 bridgehead atoms. The number of aliphatic hydroxyl groups excluding tert-OH is 1. The molecule has 0 aromatic heterocycles. The van der Waals surface area contributed by atoms with Gasteiger partial charge in [0.1, 0.15) is 11.5 Å². The van der Waals surface area contributed by atoms with Crippen LogP contribution >= 0.6 is 0 Å². The van der Waals surface area contributed by atoms with Gasteiger partial charge in [-0.2, -0.15) is 0 Å². The van der Waals surface area contributed by atoms with Crippen LogP contribution in [0.5, 0.6) is 11.5 Å². The van der Waals surface area contributed by atoms with Crippen molar-refractivity contribution in [2.24, 2.45) is 23.7 Å². The first-order chi connectivity index (χ1) is 36.9. The van der Waals surface area contributed by atoms with Crippen LogP contribution in [0.25, 0.3) is 0 Å². The highest BCUT2D eigenvalue weighted by Gasteiger charge is 2.51. The van der Waals surface area contributed by atoms with E-state index in [1.54, 1.807) is 14.2 Å². The van der Waals surface area contributed by atoms with Gasteiger partial charge in [0.05, 0.1) is 58.0 Å². The predicted molar refractivity (Wildman–Crippen MR) is 341 cm³/mol. The summed E-state index contributed by atoms with van der Waals surface area (Å²) in [6.07, 6.45) is 2.72. The minimum absolute atomic E-state index is 0.0238. The van der Waals surface area contributed by atoms with Crippen molar-refractivity contribution in [1.29, 1.82) is 0 Å². The first-order valence-electron chi connectivity index (χ1n) is 29.5. The van der Waals surface area contributed by atoms with E-state index < -0.39 is 31.1 Å². The Hall–Kier alpha value is -3.63. The highest BCUT2D eigenvalue weighted by Crippen LogP contribution is 2.46. The van der Waals surface area contributed by atoms with Crippen LogP contribution in [-0.2, 0) is 36.0 Å². The van der Waals surface area contributed by atoms with Crippen LogP contribution in [-0.4, -0.2) is 81.4 Å². The molecule has 11 heteroatoms. The van der Waals surface area contributed by atoms with Gasteiger partial charge < -0.3 is 37.3 Å². The summed E-state index contributed by atoms with van der Waals surface area (Å²) in [7, 11) is -4.04. The van der Waals surface area contributed by atoms with Crippen LogP contribution in [0.2, 0.25) is 39.8 Å². The molecule has 0 spiro atoms. The maximum Gasteiger partial charge on any atom is 0.261 e. The molecule has 4 aromatic rings. The Balaban J connectivity index is 1.79. The molecule has 0 fully saturated rings. The van der Waals surface area contributed by atoms with Gasteiger partial charge in [0.25, 0.3) is 8.32 Å². The average Bonchev–Trinajstić information content (AvgIpc) is 3.53. The monoisotopic (exact) mass is 1140 g/mol. The van der Waals surface area contributed by atoms with Gasteiger partial charge in [-0.25, -0.2) is 0 Å². The Kier molecular flexibility index (Phi) is 25.4. The van der Waals surface area contributed by atoms with Crippen molar-refractivity contribution in [3.05, 3.63) is 144 Å². The van der Waals surface area contributed by atoms with Gasteiger partial charge in [0.15, 0.2) is 8.32 Å². The van der Waals surface area contributed by atoms with Gasteiger partial charge in [0, 0.05) is 30.3 Å². The molecule has 0 saturated carbocycles. The Labute approximate surface area is 484 Å². The number of hydrogen-bond acceptors (Lipinski definition) is 8. The Morgan fingerprint density at radius 3 is 1.33 bits per heavy atom. The van der Waals surface area contributed by atoms with Gasteiger partial charge in [0.2, 0.25) is 8.32 Å². The van der Waals surface area contributed by atoms with E-state index >= 15 is 0 Å². The van der Waals surface area contributed by atoms with Crippen molar-refractivity contribution in [3.8, 4) is 11.5 Å². The predicted octanol–water partition coefficient (Wildman–Crippen LogP) is 16.5. The van der Waals surface area contributed by atoms with Gasteiger partial charge in [-0.1, -0.05) is 208 Å². The van der Waals surface area contributed by atoms with Crippen molar-refractivity contribution < 1.29 is 37.3 Å². The van der Waals surface area contributed by atoms with E-state index in [0.29, 0.717) is 36.4 Å². The highest BCUT2D eigenvalue weighted by molar-refractivity contribution is 6.99. The van der Waals surface area contributed by atoms with Crippen LogP contribution in [0.4, 0.5) is 0 Å². The van der Waals surface area contributed by atoms with Crippen LogP contribution in [0.3, 0.4) is 0 Å².